The predicted octanol–water partition coefficient (Wildman–Crippen LogP) is 3.39. The van der Waals surface area contributed by atoms with E-state index in [0.29, 0.717) is 5.92 Å². The Hall–Kier alpha value is -1.87. The average molecular weight is 268 g/mol. The molecule has 104 valence electrons. The Kier molecular flexibility index (Phi) is 3.45. The lowest BCUT2D eigenvalue weighted by molar-refractivity contribution is 0.281. The van der Waals surface area contributed by atoms with Gasteiger partial charge in [0.2, 0.25) is 0 Å². The van der Waals surface area contributed by atoms with Crippen LogP contribution in [-0.2, 0) is 13.0 Å². The molecule has 1 aromatic carbocycles. The molecule has 1 aromatic heterocycles. The fourth-order valence-corrected chi connectivity index (χ4v) is 2.70. The number of aliphatic hydroxyl groups is 1. The van der Waals surface area contributed by atoms with Crippen LogP contribution in [0.4, 0.5) is 11.5 Å². The molecule has 0 fully saturated rings. The molecule has 1 aliphatic rings. The first-order valence-electron chi connectivity index (χ1n) is 7.16. The van der Waals surface area contributed by atoms with Crippen molar-refractivity contribution in [2.24, 2.45) is 0 Å². The normalized spacial score (nSPS) is 13.9. The van der Waals surface area contributed by atoms with Gasteiger partial charge in [-0.15, -0.1) is 0 Å². The summed E-state index contributed by atoms with van der Waals surface area (Å²) in [5.41, 5.74) is 4.58. The van der Waals surface area contributed by atoms with E-state index in [1.165, 1.54) is 11.3 Å². The van der Waals surface area contributed by atoms with Crippen molar-refractivity contribution in [3.63, 3.8) is 0 Å². The van der Waals surface area contributed by atoms with Crippen molar-refractivity contribution in [1.29, 1.82) is 0 Å². The Balaban J connectivity index is 2.05. The molecule has 1 aliphatic heterocycles. The lowest BCUT2D eigenvalue weighted by Gasteiger charge is -2.20. The molecule has 0 atom stereocenters. The number of rotatable bonds is 3. The maximum Gasteiger partial charge on any atom is 0.133 e. The molecule has 3 nitrogen and oxygen atoms in total. The minimum absolute atomic E-state index is 0.0602. The Morgan fingerprint density at radius 3 is 2.80 bits per heavy atom. The van der Waals surface area contributed by atoms with E-state index < -0.39 is 0 Å². The first-order valence-corrected chi connectivity index (χ1v) is 7.16. The number of benzene rings is 1. The summed E-state index contributed by atoms with van der Waals surface area (Å²) in [7, 11) is 0. The molecule has 2 heterocycles. The smallest absolute Gasteiger partial charge is 0.133 e. The van der Waals surface area contributed by atoms with Crippen LogP contribution in [-0.4, -0.2) is 16.6 Å². The number of fused-ring (bicyclic) bond motifs is 1. The first-order chi connectivity index (χ1) is 9.69. The van der Waals surface area contributed by atoms with Crippen LogP contribution in [0.15, 0.2) is 36.4 Å². The van der Waals surface area contributed by atoms with E-state index in [1.54, 1.807) is 0 Å². The number of hydrogen-bond acceptors (Lipinski definition) is 3. The summed E-state index contributed by atoms with van der Waals surface area (Å²) in [6.07, 6.45) is 1.05. The number of anilines is 2. The van der Waals surface area contributed by atoms with Gasteiger partial charge in [-0.25, -0.2) is 4.98 Å². The van der Waals surface area contributed by atoms with Gasteiger partial charge in [-0.2, -0.15) is 0 Å². The highest BCUT2D eigenvalue weighted by molar-refractivity contribution is 5.67. The monoisotopic (exact) mass is 268 g/mol. The van der Waals surface area contributed by atoms with E-state index >= 15 is 0 Å². The average Bonchev–Trinajstić information content (AvgIpc) is 2.90. The zero-order chi connectivity index (χ0) is 14.1. The van der Waals surface area contributed by atoms with Gasteiger partial charge in [-0.3, -0.25) is 0 Å². The second kappa shape index (κ2) is 5.25. The van der Waals surface area contributed by atoms with Gasteiger partial charge in [-0.1, -0.05) is 32.0 Å². The van der Waals surface area contributed by atoms with E-state index in [9.17, 15) is 5.11 Å². The van der Waals surface area contributed by atoms with Crippen LogP contribution >= 0.6 is 0 Å². The zero-order valence-corrected chi connectivity index (χ0v) is 12.0. The third kappa shape index (κ3) is 2.29. The quantitative estimate of drug-likeness (QED) is 0.927. The van der Waals surface area contributed by atoms with Crippen LogP contribution in [0.5, 0.6) is 0 Å². The van der Waals surface area contributed by atoms with Crippen LogP contribution in [0.1, 0.15) is 36.6 Å². The van der Waals surface area contributed by atoms with Gasteiger partial charge in [0.15, 0.2) is 0 Å². The molecule has 0 unspecified atom stereocenters. The molecule has 3 heteroatoms. The van der Waals surface area contributed by atoms with Crippen LogP contribution in [0.25, 0.3) is 0 Å². The standard InChI is InChI=1S/C17H20N2O/c1-12(2)15-9-13(11-20)10-17(18-15)19-8-7-14-5-3-4-6-16(14)19/h3-6,9-10,12,20H,7-8,11H2,1-2H3. The fraction of sp³-hybridized carbons (Fsp3) is 0.353. The maximum absolute atomic E-state index is 9.46. The Bertz CT molecular complexity index is 622. The molecular formula is C17H20N2O. The van der Waals surface area contributed by atoms with E-state index in [-0.39, 0.29) is 6.61 Å². The van der Waals surface area contributed by atoms with Crippen LogP contribution in [0.3, 0.4) is 0 Å². The van der Waals surface area contributed by atoms with Crippen LogP contribution in [0, 0.1) is 0 Å². The summed E-state index contributed by atoms with van der Waals surface area (Å²) >= 11 is 0. The minimum Gasteiger partial charge on any atom is -0.392 e. The summed E-state index contributed by atoms with van der Waals surface area (Å²) in [4.78, 5) is 7.03. The van der Waals surface area contributed by atoms with E-state index in [2.05, 4.69) is 43.0 Å². The largest absolute Gasteiger partial charge is 0.392 e. The maximum atomic E-state index is 9.46. The number of aromatic nitrogens is 1. The van der Waals surface area contributed by atoms with Gasteiger partial charge in [0.25, 0.3) is 0 Å². The number of para-hydroxylation sites is 1. The fourth-order valence-electron chi connectivity index (χ4n) is 2.70. The van der Waals surface area contributed by atoms with Gasteiger partial charge in [0.1, 0.15) is 5.82 Å². The molecule has 0 saturated carbocycles. The molecule has 0 spiro atoms. The summed E-state index contributed by atoms with van der Waals surface area (Å²) < 4.78 is 0. The highest BCUT2D eigenvalue weighted by atomic mass is 16.3. The van der Waals surface area contributed by atoms with Gasteiger partial charge in [0.05, 0.1) is 6.61 Å². The molecule has 2 aromatic rings. The zero-order valence-electron chi connectivity index (χ0n) is 12.0. The first kappa shape index (κ1) is 13.1. The summed E-state index contributed by atoms with van der Waals surface area (Å²) in [5.74, 6) is 1.31. The Morgan fingerprint density at radius 1 is 1.25 bits per heavy atom. The third-order valence-corrected chi connectivity index (χ3v) is 3.83. The molecular weight excluding hydrogens is 248 g/mol. The SMILES string of the molecule is CC(C)c1cc(CO)cc(N2CCc3ccccc32)n1. The van der Waals surface area contributed by atoms with Crippen molar-refractivity contribution in [3.8, 4) is 0 Å². The van der Waals surface area contributed by atoms with Crippen LogP contribution in [0.2, 0.25) is 0 Å². The Morgan fingerprint density at radius 2 is 2.05 bits per heavy atom. The second-order valence-corrected chi connectivity index (χ2v) is 5.60. The number of aliphatic hydroxyl groups excluding tert-OH is 1. The number of hydrogen-bond donors (Lipinski definition) is 1. The molecule has 0 aliphatic carbocycles. The van der Waals surface area contributed by atoms with E-state index in [1.807, 2.05) is 12.1 Å². The van der Waals surface area contributed by atoms with Crippen molar-refractivity contribution in [2.75, 3.05) is 11.4 Å². The van der Waals surface area contributed by atoms with Crippen molar-refractivity contribution >= 4 is 11.5 Å². The molecule has 20 heavy (non-hydrogen) atoms. The van der Waals surface area contributed by atoms with Crippen molar-refractivity contribution in [3.05, 3.63) is 53.2 Å². The lowest BCUT2D eigenvalue weighted by Crippen LogP contribution is -2.16. The summed E-state index contributed by atoms with van der Waals surface area (Å²) in [6.45, 7) is 5.28. The minimum atomic E-state index is 0.0602. The summed E-state index contributed by atoms with van der Waals surface area (Å²) in [6, 6.07) is 12.5. The third-order valence-electron chi connectivity index (χ3n) is 3.83. The van der Waals surface area contributed by atoms with Gasteiger partial charge < -0.3 is 10.0 Å². The topological polar surface area (TPSA) is 36.4 Å². The molecule has 3 rings (SSSR count). The predicted molar refractivity (Wildman–Crippen MR) is 81.4 cm³/mol. The molecule has 0 saturated heterocycles. The molecule has 0 radical (unpaired) electrons. The highest BCUT2D eigenvalue weighted by Gasteiger charge is 2.21. The molecule has 1 N–H and O–H groups in total. The number of nitrogens with zero attached hydrogens (tertiary/aromatic N) is 2. The number of pyridine rings is 1. The second-order valence-electron chi connectivity index (χ2n) is 5.60. The molecule has 0 bridgehead atoms. The van der Waals surface area contributed by atoms with Gasteiger partial charge in [0, 0.05) is 17.9 Å². The van der Waals surface area contributed by atoms with Crippen LogP contribution < -0.4 is 4.90 Å². The van der Waals surface area contributed by atoms with E-state index in [4.69, 9.17) is 4.98 Å². The summed E-state index contributed by atoms with van der Waals surface area (Å²) in [5, 5.41) is 9.46. The van der Waals surface area contributed by atoms with Gasteiger partial charge >= 0.3 is 0 Å². The molecule has 0 amide bonds. The Labute approximate surface area is 119 Å². The van der Waals surface area contributed by atoms with Crippen molar-refractivity contribution in [1.82, 2.24) is 4.98 Å². The lowest BCUT2D eigenvalue weighted by atomic mass is 10.1. The van der Waals surface area contributed by atoms with Crippen molar-refractivity contribution < 1.29 is 5.11 Å². The van der Waals surface area contributed by atoms with Gasteiger partial charge in [-0.05, 0) is 41.7 Å². The highest BCUT2D eigenvalue weighted by Crippen LogP contribution is 2.34. The van der Waals surface area contributed by atoms with E-state index in [0.717, 1.165) is 30.0 Å². The van der Waals surface area contributed by atoms with Crippen molar-refractivity contribution in [2.45, 2.75) is 32.8 Å².